The van der Waals surface area contributed by atoms with E-state index < -0.39 is 13.9 Å². The molecule has 2 fully saturated rings. The van der Waals surface area contributed by atoms with Crippen molar-refractivity contribution in [1.29, 1.82) is 0 Å². The van der Waals surface area contributed by atoms with E-state index in [1.165, 1.54) is 0 Å². The minimum absolute atomic E-state index is 0.0724. The lowest BCUT2D eigenvalue weighted by atomic mass is 9.51. The van der Waals surface area contributed by atoms with Gasteiger partial charge in [-0.3, -0.25) is 4.79 Å². The first-order valence-corrected chi connectivity index (χ1v) is 12.6. The van der Waals surface area contributed by atoms with E-state index in [1.54, 1.807) is 0 Å². The maximum Gasteiger partial charge on any atom is 0.336 e. The van der Waals surface area contributed by atoms with Gasteiger partial charge in [0.15, 0.2) is 8.32 Å². The van der Waals surface area contributed by atoms with Gasteiger partial charge in [-0.2, -0.15) is 0 Å². The van der Waals surface area contributed by atoms with E-state index in [0.717, 1.165) is 24.8 Å². The van der Waals surface area contributed by atoms with Crippen LogP contribution in [-0.2, 0) is 18.8 Å². The quantitative estimate of drug-likeness (QED) is 0.552. The molecule has 0 amide bonds. The summed E-state index contributed by atoms with van der Waals surface area (Å²) in [7, 11) is -2.07. The highest BCUT2D eigenvalue weighted by Crippen LogP contribution is 2.60. The molecule has 4 atom stereocenters. The summed E-state index contributed by atoms with van der Waals surface area (Å²) < 4.78 is 12.3. The smallest absolute Gasteiger partial charge is 0.336 e. The molecule has 0 aromatic rings. The van der Waals surface area contributed by atoms with Gasteiger partial charge in [-0.05, 0) is 50.2 Å². The van der Waals surface area contributed by atoms with Crippen molar-refractivity contribution >= 4 is 20.1 Å². The molecule has 0 spiro atoms. The van der Waals surface area contributed by atoms with Crippen molar-refractivity contribution in [2.45, 2.75) is 77.1 Å². The second kappa shape index (κ2) is 6.05. The zero-order valence-corrected chi connectivity index (χ0v) is 17.5. The molecular formula is C20H32O4Si. The highest BCUT2D eigenvalue weighted by atomic mass is 28.4. The lowest BCUT2D eigenvalue weighted by Gasteiger charge is -2.61. The zero-order valence-electron chi connectivity index (χ0n) is 16.5. The van der Waals surface area contributed by atoms with Crippen LogP contribution in [0.5, 0.6) is 0 Å². The van der Waals surface area contributed by atoms with Gasteiger partial charge >= 0.3 is 5.97 Å². The van der Waals surface area contributed by atoms with Gasteiger partial charge in [0.2, 0.25) is 0 Å². The molecule has 140 valence electrons. The summed E-state index contributed by atoms with van der Waals surface area (Å²) in [6, 6.07) is 0. The Kier molecular flexibility index (Phi) is 4.56. The largest absolute Gasteiger partial charge is 0.463 e. The van der Waals surface area contributed by atoms with Crippen LogP contribution in [0.15, 0.2) is 11.6 Å². The van der Waals surface area contributed by atoms with Gasteiger partial charge in [0, 0.05) is 18.3 Å². The molecule has 0 aliphatic heterocycles. The second-order valence-corrected chi connectivity index (χ2v) is 14.2. The minimum atomic E-state index is -2.07. The van der Waals surface area contributed by atoms with Gasteiger partial charge in [-0.15, -0.1) is 0 Å². The Labute approximate surface area is 152 Å². The maximum absolute atomic E-state index is 12.6. The topological polar surface area (TPSA) is 52.6 Å². The summed E-state index contributed by atoms with van der Waals surface area (Å²) in [5, 5.41) is 0.0724. The van der Waals surface area contributed by atoms with E-state index >= 15 is 0 Å². The molecule has 5 heteroatoms. The Morgan fingerprint density at radius 3 is 2.60 bits per heavy atom. The normalized spacial score (nSPS) is 34.7. The summed E-state index contributed by atoms with van der Waals surface area (Å²) in [6.45, 7) is 13.4. The Bertz CT molecular complexity index is 616. The number of ketones is 1. The lowest BCUT2D eigenvalue weighted by molar-refractivity contribution is -0.152. The first kappa shape index (κ1) is 18.8. The van der Waals surface area contributed by atoms with Gasteiger partial charge in [-0.25, -0.2) is 4.79 Å². The van der Waals surface area contributed by atoms with Crippen LogP contribution >= 0.6 is 0 Å². The number of rotatable bonds is 4. The predicted molar refractivity (Wildman–Crippen MR) is 99.7 cm³/mol. The number of esters is 1. The lowest BCUT2D eigenvalue weighted by Crippen LogP contribution is -2.66. The van der Waals surface area contributed by atoms with E-state index in [9.17, 15) is 9.59 Å². The molecule has 0 aromatic heterocycles. The van der Waals surface area contributed by atoms with Gasteiger partial charge in [0.05, 0.1) is 17.8 Å². The molecular weight excluding hydrogens is 332 g/mol. The Balaban J connectivity index is 1.99. The predicted octanol–water partition coefficient (Wildman–Crippen LogP) is 4.26. The van der Waals surface area contributed by atoms with Crippen LogP contribution in [0.1, 0.15) is 53.4 Å². The van der Waals surface area contributed by atoms with Crippen LogP contribution in [0, 0.1) is 17.8 Å². The van der Waals surface area contributed by atoms with Gasteiger partial charge in [0.25, 0.3) is 0 Å². The molecule has 2 bridgehead atoms. The van der Waals surface area contributed by atoms with Crippen molar-refractivity contribution in [3.05, 3.63) is 11.6 Å². The average molecular weight is 365 g/mol. The molecule has 2 saturated carbocycles. The Morgan fingerprint density at radius 2 is 2.00 bits per heavy atom. The average Bonchev–Trinajstić information content (AvgIpc) is 2.48. The Hall–Kier alpha value is -0.943. The third-order valence-electron chi connectivity index (χ3n) is 6.97. The number of hydrogen-bond acceptors (Lipinski definition) is 4. The number of carbonyl (C=O) groups excluding carboxylic acids is 2. The van der Waals surface area contributed by atoms with E-state index in [1.807, 2.05) is 13.0 Å². The maximum atomic E-state index is 12.6. The van der Waals surface area contributed by atoms with E-state index in [0.29, 0.717) is 18.8 Å². The van der Waals surface area contributed by atoms with Crippen LogP contribution in [0.3, 0.4) is 0 Å². The molecule has 0 heterocycles. The molecule has 0 saturated heterocycles. The van der Waals surface area contributed by atoms with E-state index in [4.69, 9.17) is 9.16 Å². The molecule has 25 heavy (non-hydrogen) atoms. The van der Waals surface area contributed by atoms with Crippen molar-refractivity contribution in [2.75, 3.05) is 6.61 Å². The first-order chi connectivity index (χ1) is 11.5. The minimum Gasteiger partial charge on any atom is -0.463 e. The summed E-state index contributed by atoms with van der Waals surface area (Å²) in [6.07, 6.45) is 5.18. The third kappa shape index (κ3) is 2.83. The SMILES string of the molecule is CCOC(=O)C1=C[C@@H]2C[C@H]3C[C@H](CCC3=O)[C@]12O[Si](C)(C)C(C)(C)C. The number of carbonyl (C=O) groups is 2. The van der Waals surface area contributed by atoms with Gasteiger partial charge in [-0.1, -0.05) is 26.8 Å². The van der Waals surface area contributed by atoms with Crippen molar-refractivity contribution < 1.29 is 18.8 Å². The third-order valence-corrected chi connectivity index (χ3v) is 11.4. The van der Waals surface area contributed by atoms with Crippen molar-refractivity contribution in [3.8, 4) is 0 Å². The molecule has 0 N–H and O–H groups in total. The summed E-state index contributed by atoms with van der Waals surface area (Å²) in [5.41, 5.74) is 0.203. The van der Waals surface area contributed by atoms with Gasteiger partial charge in [0.1, 0.15) is 5.78 Å². The highest BCUT2D eigenvalue weighted by molar-refractivity contribution is 6.74. The van der Waals surface area contributed by atoms with Crippen LogP contribution < -0.4 is 0 Å². The molecule has 3 aliphatic rings. The molecule has 3 aliphatic carbocycles. The number of fused-ring (bicyclic) bond motifs is 4. The van der Waals surface area contributed by atoms with E-state index in [-0.39, 0.29) is 28.8 Å². The zero-order chi connectivity index (χ0) is 18.6. The van der Waals surface area contributed by atoms with Crippen LogP contribution in [0.4, 0.5) is 0 Å². The van der Waals surface area contributed by atoms with Crippen molar-refractivity contribution in [1.82, 2.24) is 0 Å². The second-order valence-electron chi connectivity index (χ2n) is 9.43. The summed E-state index contributed by atoms with van der Waals surface area (Å²) >= 11 is 0. The molecule has 3 rings (SSSR count). The van der Waals surface area contributed by atoms with E-state index in [2.05, 4.69) is 33.9 Å². The molecule has 4 nitrogen and oxygen atoms in total. The first-order valence-electron chi connectivity index (χ1n) is 9.65. The molecule has 0 radical (unpaired) electrons. The number of hydrogen-bond donors (Lipinski definition) is 0. The highest BCUT2D eigenvalue weighted by Gasteiger charge is 2.64. The van der Waals surface area contributed by atoms with Crippen LogP contribution in [0.25, 0.3) is 0 Å². The number of ether oxygens (including phenoxy) is 1. The summed E-state index contributed by atoms with van der Waals surface area (Å²) in [4.78, 5) is 24.8. The fourth-order valence-electron chi connectivity index (χ4n) is 4.59. The monoisotopic (exact) mass is 364 g/mol. The fraction of sp³-hybridized carbons (Fsp3) is 0.800. The summed E-state index contributed by atoms with van der Waals surface area (Å²) in [5.74, 6) is 0.754. The molecule has 0 unspecified atom stereocenters. The molecule has 0 aromatic carbocycles. The number of Topliss-reactive ketones (excluding diaryl/α,β-unsaturated/α-hetero) is 1. The van der Waals surface area contributed by atoms with Gasteiger partial charge < -0.3 is 9.16 Å². The standard InChI is InChI=1S/C20H32O4Si/c1-7-23-18(22)16-12-15-11-13-10-14(8-9-17(13)21)20(15,16)24-25(5,6)19(2,3)4/h12-15H,7-11H2,1-6H3/t13-,14+,15+,20-/m1/s1. The van der Waals surface area contributed by atoms with Crippen LogP contribution in [-0.4, -0.2) is 32.3 Å². The van der Waals surface area contributed by atoms with Crippen molar-refractivity contribution in [2.24, 2.45) is 17.8 Å². The Morgan fingerprint density at radius 1 is 1.32 bits per heavy atom. The van der Waals surface area contributed by atoms with Crippen LogP contribution in [0.2, 0.25) is 18.1 Å². The van der Waals surface area contributed by atoms with Crippen molar-refractivity contribution in [3.63, 3.8) is 0 Å². The fourth-order valence-corrected chi connectivity index (χ4v) is 6.17.